The van der Waals surface area contributed by atoms with E-state index in [2.05, 4.69) is 20.8 Å². The van der Waals surface area contributed by atoms with Crippen LogP contribution in [0.2, 0.25) is 0 Å². The third-order valence-corrected chi connectivity index (χ3v) is 7.22. The Morgan fingerprint density at radius 3 is 2.61 bits per heavy atom. The number of hydrogen-bond donors (Lipinski definition) is 3. The van der Waals surface area contributed by atoms with Crippen molar-refractivity contribution >= 4 is 29.3 Å². The van der Waals surface area contributed by atoms with Crippen LogP contribution >= 0.6 is 11.8 Å². The molecule has 0 radical (unpaired) electrons. The molecule has 3 aromatic rings. The van der Waals surface area contributed by atoms with Gasteiger partial charge in [-0.3, -0.25) is 9.59 Å². The zero-order valence-electron chi connectivity index (χ0n) is 21.0. The van der Waals surface area contributed by atoms with Crippen molar-refractivity contribution < 1.29 is 29.3 Å². The lowest BCUT2D eigenvalue weighted by Crippen LogP contribution is -2.31. The summed E-state index contributed by atoms with van der Waals surface area (Å²) in [5.74, 6) is -0.420. The maximum atomic E-state index is 12.4. The number of nitrogens with one attached hydrogen (secondary N) is 1. The van der Waals surface area contributed by atoms with E-state index in [1.165, 1.54) is 11.8 Å². The Kier molecular flexibility index (Phi) is 9.82. The second-order valence-electron chi connectivity index (χ2n) is 9.02. The molecular weight excluding hydrogens is 510 g/mol. The van der Waals surface area contributed by atoms with Gasteiger partial charge in [0.25, 0.3) is 0 Å². The predicted molar refractivity (Wildman–Crippen MR) is 139 cm³/mol. The number of aliphatic hydroxyl groups is 1. The Hall–Kier alpha value is -3.32. The molecule has 1 aliphatic heterocycles. The van der Waals surface area contributed by atoms with E-state index in [0.717, 1.165) is 16.7 Å². The van der Waals surface area contributed by atoms with Crippen molar-refractivity contribution in [1.29, 1.82) is 0 Å². The van der Waals surface area contributed by atoms with Gasteiger partial charge in [-0.05, 0) is 46.5 Å². The number of tetrazole rings is 1. The summed E-state index contributed by atoms with van der Waals surface area (Å²) in [4.78, 5) is 23.0. The van der Waals surface area contributed by atoms with Crippen molar-refractivity contribution in [1.82, 2.24) is 20.2 Å². The summed E-state index contributed by atoms with van der Waals surface area (Å²) in [6.07, 6.45) is 0.816. The van der Waals surface area contributed by atoms with Gasteiger partial charge in [-0.15, -0.1) is 5.10 Å². The molecule has 1 aliphatic rings. The maximum Gasteiger partial charge on any atom is 0.303 e. The van der Waals surface area contributed by atoms with Gasteiger partial charge in [0, 0.05) is 43.3 Å². The van der Waals surface area contributed by atoms with Crippen molar-refractivity contribution in [3.8, 4) is 0 Å². The molecule has 11 nitrogen and oxygen atoms in total. The number of aryl methyl sites for hydroxylation is 1. The van der Waals surface area contributed by atoms with Crippen LogP contribution in [0.1, 0.15) is 61.2 Å². The minimum Gasteiger partial charge on any atom is -0.481 e. The number of aliphatic hydroxyl groups excluding tert-OH is 1. The average Bonchev–Trinajstić information content (AvgIpc) is 3.34. The van der Waals surface area contributed by atoms with Crippen molar-refractivity contribution in [2.75, 3.05) is 11.1 Å². The molecule has 1 saturated heterocycles. The van der Waals surface area contributed by atoms with Gasteiger partial charge in [0.15, 0.2) is 6.29 Å². The van der Waals surface area contributed by atoms with E-state index < -0.39 is 12.3 Å². The van der Waals surface area contributed by atoms with E-state index >= 15 is 0 Å². The molecule has 1 aromatic heterocycles. The van der Waals surface area contributed by atoms with Crippen LogP contribution in [0.4, 0.5) is 5.69 Å². The number of benzene rings is 2. The number of anilines is 1. The quantitative estimate of drug-likeness (QED) is 0.229. The number of amides is 1. The number of hydrogen-bond acceptors (Lipinski definition) is 9. The maximum absolute atomic E-state index is 12.4. The zero-order chi connectivity index (χ0) is 26.9. The van der Waals surface area contributed by atoms with Gasteiger partial charge in [-0.25, -0.2) is 4.68 Å². The molecule has 38 heavy (non-hydrogen) atoms. The van der Waals surface area contributed by atoms with Gasteiger partial charge in [0.05, 0.1) is 18.8 Å². The van der Waals surface area contributed by atoms with Crippen LogP contribution < -0.4 is 5.32 Å². The van der Waals surface area contributed by atoms with Crippen LogP contribution in [0.15, 0.2) is 53.7 Å². The molecule has 3 N–H and O–H groups in total. The minimum absolute atomic E-state index is 0.0272. The van der Waals surface area contributed by atoms with Gasteiger partial charge < -0.3 is 25.0 Å². The highest BCUT2D eigenvalue weighted by Crippen LogP contribution is 2.39. The lowest BCUT2D eigenvalue weighted by molar-refractivity contribution is -0.245. The number of nitrogens with zero attached hydrogens (tertiary/aromatic N) is 4. The summed E-state index contributed by atoms with van der Waals surface area (Å²) >= 11 is 1.50. The monoisotopic (exact) mass is 541 g/mol. The number of carboxylic acids is 1. The Morgan fingerprint density at radius 1 is 1.11 bits per heavy atom. The molecule has 0 saturated carbocycles. The van der Waals surface area contributed by atoms with E-state index in [0.29, 0.717) is 35.9 Å². The van der Waals surface area contributed by atoms with Crippen molar-refractivity contribution in [3.05, 3.63) is 65.2 Å². The number of rotatable bonds is 12. The standard InChI is InChI=1S/C26H31N5O6S/c1-31-26(28-29-30-31)38-16-21-14-22(18-11-9-17(15-32)10-12-18)37-25(36-21)19-5-4-6-20(13-19)27-23(33)7-2-3-8-24(34)35/h4-6,9-13,21-22,25,32H,2-3,7-8,14-16H2,1H3,(H,27,33)(H,34,35). The van der Waals surface area contributed by atoms with Crippen molar-refractivity contribution in [3.63, 3.8) is 0 Å². The van der Waals surface area contributed by atoms with Crippen LogP contribution in [-0.2, 0) is 32.7 Å². The van der Waals surface area contributed by atoms with Gasteiger partial charge >= 0.3 is 5.97 Å². The van der Waals surface area contributed by atoms with Crippen LogP contribution in [0, 0.1) is 0 Å². The summed E-state index contributed by atoms with van der Waals surface area (Å²) in [5.41, 5.74) is 3.19. The lowest BCUT2D eigenvalue weighted by Gasteiger charge is -2.36. The molecule has 1 fully saturated rings. The number of carbonyl (C=O) groups is 2. The minimum atomic E-state index is -0.863. The first-order valence-electron chi connectivity index (χ1n) is 12.4. The Balaban J connectivity index is 1.45. The Labute approximate surface area is 224 Å². The van der Waals surface area contributed by atoms with Gasteiger partial charge in [-0.2, -0.15) is 0 Å². The van der Waals surface area contributed by atoms with Crippen LogP contribution in [0.3, 0.4) is 0 Å². The average molecular weight is 542 g/mol. The smallest absolute Gasteiger partial charge is 0.303 e. The topological polar surface area (TPSA) is 149 Å². The van der Waals surface area contributed by atoms with E-state index in [9.17, 15) is 14.7 Å². The first-order valence-corrected chi connectivity index (χ1v) is 13.4. The number of unbranched alkanes of at least 4 members (excludes halogenated alkanes) is 1. The van der Waals surface area contributed by atoms with E-state index in [1.807, 2.05) is 42.5 Å². The molecule has 0 spiro atoms. The molecule has 3 unspecified atom stereocenters. The molecule has 3 atom stereocenters. The molecule has 12 heteroatoms. The molecule has 0 bridgehead atoms. The first-order chi connectivity index (χ1) is 18.4. The highest BCUT2D eigenvalue weighted by atomic mass is 32.2. The normalized spacial score (nSPS) is 19.3. The largest absolute Gasteiger partial charge is 0.481 e. The van der Waals surface area contributed by atoms with Crippen molar-refractivity contribution in [2.45, 2.75) is 62.4 Å². The van der Waals surface area contributed by atoms with Crippen LogP contribution in [0.25, 0.3) is 0 Å². The lowest BCUT2D eigenvalue weighted by atomic mass is 10.0. The third-order valence-electron chi connectivity index (χ3n) is 6.08. The molecular formula is C26H31N5O6S. The molecule has 202 valence electrons. The fraction of sp³-hybridized carbons (Fsp3) is 0.423. The highest BCUT2D eigenvalue weighted by Gasteiger charge is 2.32. The fourth-order valence-corrected chi connectivity index (χ4v) is 4.95. The van der Waals surface area contributed by atoms with Gasteiger partial charge in [0.1, 0.15) is 0 Å². The summed E-state index contributed by atoms with van der Waals surface area (Å²) in [6, 6.07) is 15.0. The van der Waals surface area contributed by atoms with E-state index in [1.54, 1.807) is 17.8 Å². The predicted octanol–water partition coefficient (Wildman–Crippen LogP) is 3.62. The first kappa shape index (κ1) is 27.7. The Morgan fingerprint density at radius 2 is 1.89 bits per heavy atom. The molecule has 1 amide bonds. The summed E-state index contributed by atoms with van der Waals surface area (Å²) in [7, 11) is 1.79. The number of carbonyl (C=O) groups excluding carboxylic acids is 1. The highest BCUT2D eigenvalue weighted by molar-refractivity contribution is 7.99. The number of ether oxygens (including phenoxy) is 2. The van der Waals surface area contributed by atoms with Crippen molar-refractivity contribution in [2.24, 2.45) is 7.05 Å². The van der Waals surface area contributed by atoms with E-state index in [-0.39, 0.29) is 37.6 Å². The summed E-state index contributed by atoms with van der Waals surface area (Å²) < 4.78 is 14.3. The fourth-order valence-electron chi connectivity index (χ4n) is 4.08. The van der Waals surface area contributed by atoms with Gasteiger partial charge in [0.2, 0.25) is 11.1 Å². The summed E-state index contributed by atoms with van der Waals surface area (Å²) in [6.45, 7) is -0.0272. The molecule has 4 rings (SSSR count). The SMILES string of the molecule is Cn1nnnc1SCC1CC(c2ccc(CO)cc2)OC(c2cccc(NC(=O)CCCCC(=O)O)c2)O1. The molecule has 2 aromatic carbocycles. The Bertz CT molecular complexity index is 1220. The number of thioether (sulfide) groups is 1. The number of aromatic nitrogens is 4. The van der Waals surface area contributed by atoms with Crippen LogP contribution in [0.5, 0.6) is 0 Å². The number of aliphatic carboxylic acids is 1. The van der Waals surface area contributed by atoms with Gasteiger partial charge in [-0.1, -0.05) is 48.2 Å². The van der Waals surface area contributed by atoms with Crippen LogP contribution in [-0.4, -0.2) is 54.2 Å². The van der Waals surface area contributed by atoms with E-state index in [4.69, 9.17) is 14.6 Å². The summed E-state index contributed by atoms with van der Waals surface area (Å²) in [5, 5.41) is 33.3. The molecule has 0 aliphatic carbocycles. The third kappa shape index (κ3) is 7.84. The second-order valence-corrected chi connectivity index (χ2v) is 10.0. The second kappa shape index (κ2) is 13.5. The molecule has 2 heterocycles. The zero-order valence-corrected chi connectivity index (χ0v) is 21.8. The number of carboxylic acid groups (broad SMARTS) is 1.